The van der Waals surface area contributed by atoms with Crippen molar-refractivity contribution in [2.75, 3.05) is 27.8 Å². The molecule has 1 rings (SSSR count). The Kier molecular flexibility index (Phi) is 5.64. The largest absolute Gasteiger partial charge is 0.496 e. The SMILES string of the molecule is COc1cc(CN(C)CC(C)(C)O)c(OC)cc1Br. The van der Waals surface area contributed by atoms with Crippen LogP contribution in [0.25, 0.3) is 0 Å². The van der Waals surface area contributed by atoms with Gasteiger partial charge in [-0.3, -0.25) is 4.90 Å². The monoisotopic (exact) mass is 331 g/mol. The smallest absolute Gasteiger partial charge is 0.133 e. The highest BCUT2D eigenvalue weighted by atomic mass is 79.9. The minimum atomic E-state index is -0.721. The van der Waals surface area contributed by atoms with E-state index < -0.39 is 5.60 Å². The predicted octanol–water partition coefficient (Wildman–Crippen LogP) is 2.67. The van der Waals surface area contributed by atoms with Gasteiger partial charge in [-0.15, -0.1) is 0 Å². The Bertz CT molecular complexity index is 429. The average Bonchev–Trinajstić information content (AvgIpc) is 2.28. The molecule has 0 aliphatic carbocycles. The van der Waals surface area contributed by atoms with Crippen molar-refractivity contribution < 1.29 is 14.6 Å². The van der Waals surface area contributed by atoms with E-state index >= 15 is 0 Å². The lowest BCUT2D eigenvalue weighted by Gasteiger charge is -2.26. The van der Waals surface area contributed by atoms with Crippen molar-refractivity contribution >= 4 is 15.9 Å². The lowest BCUT2D eigenvalue weighted by molar-refractivity contribution is 0.0422. The second-order valence-corrected chi connectivity index (χ2v) is 6.14. The summed E-state index contributed by atoms with van der Waals surface area (Å²) in [5.74, 6) is 1.57. The van der Waals surface area contributed by atoms with Crippen LogP contribution in [-0.2, 0) is 6.54 Å². The van der Waals surface area contributed by atoms with Crippen LogP contribution >= 0.6 is 15.9 Å². The predicted molar refractivity (Wildman–Crippen MR) is 79.9 cm³/mol. The van der Waals surface area contributed by atoms with E-state index in [-0.39, 0.29) is 0 Å². The fraction of sp³-hybridized carbons (Fsp3) is 0.571. The van der Waals surface area contributed by atoms with E-state index in [0.29, 0.717) is 13.1 Å². The number of methoxy groups -OCH3 is 2. The van der Waals surface area contributed by atoms with Crippen molar-refractivity contribution in [3.63, 3.8) is 0 Å². The molecule has 1 aromatic carbocycles. The summed E-state index contributed by atoms with van der Waals surface area (Å²) >= 11 is 3.44. The third kappa shape index (κ3) is 5.01. The molecular formula is C14H22BrNO3. The van der Waals surface area contributed by atoms with Crippen molar-refractivity contribution in [1.29, 1.82) is 0 Å². The molecule has 0 unspecified atom stereocenters. The number of aliphatic hydroxyl groups is 1. The van der Waals surface area contributed by atoms with Gasteiger partial charge in [0.15, 0.2) is 0 Å². The Hall–Kier alpha value is -0.780. The molecule has 4 nitrogen and oxygen atoms in total. The number of nitrogens with zero attached hydrogens (tertiary/aromatic N) is 1. The van der Waals surface area contributed by atoms with E-state index in [1.165, 1.54) is 0 Å². The minimum absolute atomic E-state index is 0.578. The van der Waals surface area contributed by atoms with E-state index in [0.717, 1.165) is 21.5 Å². The van der Waals surface area contributed by atoms with Gasteiger partial charge in [0, 0.05) is 18.7 Å². The summed E-state index contributed by atoms with van der Waals surface area (Å²) in [7, 11) is 5.25. The molecule has 0 amide bonds. The maximum Gasteiger partial charge on any atom is 0.133 e. The molecule has 0 aliphatic heterocycles. The average molecular weight is 332 g/mol. The van der Waals surface area contributed by atoms with Crippen LogP contribution in [0.5, 0.6) is 11.5 Å². The molecular weight excluding hydrogens is 310 g/mol. The molecule has 19 heavy (non-hydrogen) atoms. The van der Waals surface area contributed by atoms with E-state index in [2.05, 4.69) is 15.9 Å². The third-order valence-corrected chi connectivity index (χ3v) is 3.27. The van der Waals surface area contributed by atoms with Crippen LogP contribution in [0.3, 0.4) is 0 Å². The molecule has 0 aromatic heterocycles. The molecule has 1 aromatic rings. The normalized spacial score (nSPS) is 11.8. The molecule has 0 saturated carbocycles. The Balaban J connectivity index is 2.93. The lowest BCUT2D eigenvalue weighted by Crippen LogP contribution is -2.35. The van der Waals surface area contributed by atoms with Gasteiger partial charge in [-0.1, -0.05) is 0 Å². The number of benzene rings is 1. The second kappa shape index (κ2) is 6.59. The fourth-order valence-electron chi connectivity index (χ4n) is 2.05. The first-order valence-electron chi connectivity index (χ1n) is 6.08. The van der Waals surface area contributed by atoms with Crippen molar-refractivity contribution in [1.82, 2.24) is 4.90 Å². The Morgan fingerprint density at radius 1 is 1.21 bits per heavy atom. The van der Waals surface area contributed by atoms with Crippen LogP contribution in [0.1, 0.15) is 19.4 Å². The molecule has 0 aliphatic rings. The van der Waals surface area contributed by atoms with E-state index in [9.17, 15) is 5.11 Å². The van der Waals surface area contributed by atoms with Crippen LogP contribution in [0.2, 0.25) is 0 Å². The first-order valence-corrected chi connectivity index (χ1v) is 6.87. The summed E-state index contributed by atoms with van der Waals surface area (Å²) in [5, 5.41) is 9.83. The van der Waals surface area contributed by atoms with E-state index in [1.54, 1.807) is 28.1 Å². The first-order chi connectivity index (χ1) is 8.76. The zero-order valence-electron chi connectivity index (χ0n) is 12.2. The first kappa shape index (κ1) is 16.3. The third-order valence-electron chi connectivity index (χ3n) is 2.65. The second-order valence-electron chi connectivity index (χ2n) is 5.28. The van der Waals surface area contributed by atoms with Gasteiger partial charge in [0.05, 0.1) is 24.3 Å². The summed E-state index contributed by atoms with van der Waals surface area (Å²) in [6, 6.07) is 3.84. The summed E-state index contributed by atoms with van der Waals surface area (Å²) < 4.78 is 11.5. The zero-order chi connectivity index (χ0) is 14.6. The molecule has 1 N–H and O–H groups in total. The Morgan fingerprint density at radius 2 is 1.79 bits per heavy atom. The minimum Gasteiger partial charge on any atom is -0.496 e. The van der Waals surface area contributed by atoms with Gasteiger partial charge < -0.3 is 14.6 Å². The van der Waals surface area contributed by atoms with Gasteiger partial charge in [0.2, 0.25) is 0 Å². The summed E-state index contributed by atoms with van der Waals surface area (Å²) in [6.45, 7) is 4.84. The van der Waals surface area contributed by atoms with Crippen molar-refractivity contribution in [3.05, 3.63) is 22.2 Å². The van der Waals surface area contributed by atoms with Crippen molar-refractivity contribution in [3.8, 4) is 11.5 Å². The van der Waals surface area contributed by atoms with Crippen LogP contribution in [0, 0.1) is 0 Å². The van der Waals surface area contributed by atoms with Gasteiger partial charge in [-0.05, 0) is 49.0 Å². The highest BCUT2D eigenvalue weighted by molar-refractivity contribution is 9.10. The van der Waals surface area contributed by atoms with Crippen molar-refractivity contribution in [2.24, 2.45) is 0 Å². The Morgan fingerprint density at radius 3 is 2.26 bits per heavy atom. The summed E-state index contributed by atoms with van der Waals surface area (Å²) in [4.78, 5) is 2.05. The Labute approximate surface area is 123 Å². The van der Waals surface area contributed by atoms with Gasteiger partial charge in [0.25, 0.3) is 0 Å². The molecule has 0 fully saturated rings. The summed E-state index contributed by atoms with van der Waals surface area (Å²) in [5.41, 5.74) is 0.302. The van der Waals surface area contributed by atoms with Crippen LogP contribution < -0.4 is 9.47 Å². The van der Waals surface area contributed by atoms with Crippen LogP contribution in [-0.4, -0.2) is 43.4 Å². The molecule has 0 bridgehead atoms. The molecule has 5 heteroatoms. The molecule has 0 atom stereocenters. The van der Waals surface area contributed by atoms with Gasteiger partial charge in [-0.25, -0.2) is 0 Å². The topological polar surface area (TPSA) is 41.9 Å². The van der Waals surface area contributed by atoms with Crippen LogP contribution in [0.15, 0.2) is 16.6 Å². The zero-order valence-corrected chi connectivity index (χ0v) is 13.7. The highest BCUT2D eigenvalue weighted by Gasteiger charge is 2.17. The quantitative estimate of drug-likeness (QED) is 0.870. The number of ether oxygens (including phenoxy) is 2. The molecule has 0 heterocycles. The molecule has 108 valence electrons. The van der Waals surface area contributed by atoms with E-state index in [4.69, 9.17) is 9.47 Å². The van der Waals surface area contributed by atoms with Gasteiger partial charge >= 0.3 is 0 Å². The molecule has 0 saturated heterocycles. The maximum atomic E-state index is 9.83. The summed E-state index contributed by atoms with van der Waals surface area (Å²) in [6.07, 6.45) is 0. The highest BCUT2D eigenvalue weighted by Crippen LogP contribution is 2.33. The van der Waals surface area contributed by atoms with Crippen LogP contribution in [0.4, 0.5) is 0 Å². The van der Waals surface area contributed by atoms with Crippen molar-refractivity contribution in [2.45, 2.75) is 26.0 Å². The lowest BCUT2D eigenvalue weighted by atomic mass is 10.1. The molecule has 0 radical (unpaired) electrons. The fourth-order valence-corrected chi connectivity index (χ4v) is 2.54. The van der Waals surface area contributed by atoms with Gasteiger partial charge in [-0.2, -0.15) is 0 Å². The number of halogens is 1. The number of rotatable bonds is 6. The maximum absolute atomic E-state index is 9.83. The number of hydrogen-bond donors (Lipinski definition) is 1. The van der Waals surface area contributed by atoms with E-state index in [1.807, 2.05) is 24.1 Å². The van der Waals surface area contributed by atoms with Gasteiger partial charge in [0.1, 0.15) is 11.5 Å². The standard InChI is InChI=1S/C14H22BrNO3/c1-14(2,17)9-16(3)8-10-6-13(19-5)11(15)7-12(10)18-4/h6-7,17H,8-9H2,1-5H3. The number of hydrogen-bond acceptors (Lipinski definition) is 4. The molecule has 0 spiro atoms. The number of likely N-dealkylation sites (N-methyl/N-ethyl adjacent to an activating group) is 1.